The molecule has 0 aromatic carbocycles. The maximum atomic E-state index is 12.3. The van der Waals surface area contributed by atoms with Crippen LogP contribution >= 0.6 is 15.9 Å². The van der Waals surface area contributed by atoms with Crippen molar-refractivity contribution in [3.05, 3.63) is 33.5 Å². The first-order valence-electron chi connectivity index (χ1n) is 6.19. The van der Waals surface area contributed by atoms with Crippen LogP contribution < -0.4 is 10.0 Å². The monoisotopic (exact) mass is 377 g/mol. The number of hydrogen-bond acceptors (Lipinski definition) is 6. The molecule has 21 heavy (non-hydrogen) atoms. The van der Waals surface area contributed by atoms with Gasteiger partial charge in [-0.25, -0.2) is 13.1 Å². The van der Waals surface area contributed by atoms with Gasteiger partial charge < -0.3 is 14.3 Å². The summed E-state index contributed by atoms with van der Waals surface area (Å²) in [7, 11) is -1.94. The van der Waals surface area contributed by atoms with E-state index in [0.717, 1.165) is 5.56 Å². The molecule has 0 spiro atoms. The fraction of sp³-hybridized carbons (Fsp3) is 0.417. The van der Waals surface area contributed by atoms with Crippen molar-refractivity contribution in [2.45, 2.75) is 31.8 Å². The average molecular weight is 378 g/mol. The van der Waals surface area contributed by atoms with Crippen molar-refractivity contribution in [1.82, 2.24) is 15.2 Å². The first kappa shape index (κ1) is 16.2. The number of sulfonamides is 1. The number of hydrogen-bond donors (Lipinski definition) is 2. The molecule has 2 heterocycles. The second kappa shape index (κ2) is 6.30. The van der Waals surface area contributed by atoms with Gasteiger partial charge in [-0.3, -0.25) is 0 Å². The van der Waals surface area contributed by atoms with Crippen LogP contribution in [-0.2, 0) is 23.1 Å². The molecule has 0 bridgehead atoms. The Labute approximate surface area is 131 Å². The first-order valence-corrected chi connectivity index (χ1v) is 8.47. The lowest BCUT2D eigenvalue weighted by molar-refractivity contribution is 0.392. The Bertz CT molecular complexity index is 716. The van der Waals surface area contributed by atoms with Crippen molar-refractivity contribution >= 4 is 26.0 Å². The van der Waals surface area contributed by atoms with Gasteiger partial charge in [0.05, 0.1) is 12.2 Å². The molecule has 116 valence electrons. The number of aryl methyl sites for hydroxylation is 2. The zero-order valence-electron chi connectivity index (χ0n) is 11.9. The number of furan rings is 1. The molecule has 0 aliphatic heterocycles. The van der Waals surface area contributed by atoms with Crippen LogP contribution in [0.25, 0.3) is 0 Å². The molecule has 0 atom stereocenters. The third-order valence-corrected chi connectivity index (χ3v) is 5.23. The lowest BCUT2D eigenvalue weighted by atomic mass is 10.2. The van der Waals surface area contributed by atoms with Crippen LogP contribution in [0.2, 0.25) is 0 Å². The molecule has 2 N–H and O–H groups in total. The fourth-order valence-corrected chi connectivity index (χ4v) is 3.83. The minimum absolute atomic E-state index is 0.0690. The van der Waals surface area contributed by atoms with E-state index < -0.39 is 10.0 Å². The van der Waals surface area contributed by atoms with Gasteiger partial charge in [-0.15, -0.1) is 0 Å². The van der Waals surface area contributed by atoms with Gasteiger partial charge in [0, 0.05) is 18.2 Å². The number of rotatable bonds is 6. The van der Waals surface area contributed by atoms with E-state index in [4.69, 9.17) is 8.94 Å². The minimum Gasteiger partial charge on any atom is -0.452 e. The molecule has 2 aromatic heterocycles. The Kier molecular flexibility index (Phi) is 4.87. The standard InChI is InChI=1S/C12H16BrN3O4S/c1-7-10(8(2)20-16-7)6-15-21(17,18)11-4-9(5-14-3)19-12(11)13/h4,14-15H,5-6H2,1-3H3. The summed E-state index contributed by atoms with van der Waals surface area (Å²) in [5.74, 6) is 1.12. The third kappa shape index (κ3) is 3.54. The van der Waals surface area contributed by atoms with Crippen LogP contribution in [0.4, 0.5) is 0 Å². The molecule has 9 heteroatoms. The Morgan fingerprint density at radius 3 is 2.62 bits per heavy atom. The molecular formula is C12H16BrN3O4S. The molecular weight excluding hydrogens is 362 g/mol. The molecule has 0 saturated heterocycles. The Morgan fingerprint density at radius 2 is 2.05 bits per heavy atom. The third-order valence-electron chi connectivity index (χ3n) is 2.97. The number of aromatic nitrogens is 1. The molecule has 0 fully saturated rings. The summed E-state index contributed by atoms with van der Waals surface area (Å²) in [6.45, 7) is 4.06. The molecule has 0 amide bonds. The normalized spacial score (nSPS) is 12.0. The second-order valence-corrected chi connectivity index (χ2v) is 6.96. The van der Waals surface area contributed by atoms with Crippen molar-refractivity contribution < 1.29 is 17.4 Å². The number of nitrogens with one attached hydrogen (secondary N) is 2. The summed E-state index contributed by atoms with van der Waals surface area (Å²) in [5.41, 5.74) is 1.39. The maximum absolute atomic E-state index is 12.3. The van der Waals surface area contributed by atoms with Gasteiger partial charge in [0.15, 0.2) is 4.67 Å². The topological polar surface area (TPSA) is 97.4 Å². The van der Waals surface area contributed by atoms with Crippen molar-refractivity contribution in [3.8, 4) is 0 Å². The van der Waals surface area contributed by atoms with Gasteiger partial charge in [-0.05, 0) is 36.8 Å². The van der Waals surface area contributed by atoms with Crippen LogP contribution in [0, 0.1) is 13.8 Å². The lowest BCUT2D eigenvalue weighted by Gasteiger charge is -2.04. The lowest BCUT2D eigenvalue weighted by Crippen LogP contribution is -2.23. The van der Waals surface area contributed by atoms with Gasteiger partial charge in [0.25, 0.3) is 0 Å². The summed E-state index contributed by atoms with van der Waals surface area (Å²) in [4.78, 5) is 0.0690. The van der Waals surface area contributed by atoms with Crippen LogP contribution in [0.5, 0.6) is 0 Å². The van der Waals surface area contributed by atoms with Crippen LogP contribution in [0.15, 0.2) is 24.6 Å². The van der Waals surface area contributed by atoms with Crippen LogP contribution in [-0.4, -0.2) is 20.6 Å². The van der Waals surface area contributed by atoms with E-state index in [1.165, 1.54) is 6.07 Å². The van der Waals surface area contributed by atoms with E-state index in [1.807, 2.05) is 0 Å². The molecule has 0 radical (unpaired) electrons. The second-order valence-electron chi connectivity index (χ2n) is 4.51. The van der Waals surface area contributed by atoms with Crippen LogP contribution in [0.1, 0.15) is 22.8 Å². The van der Waals surface area contributed by atoms with Gasteiger partial charge in [-0.2, -0.15) is 0 Å². The average Bonchev–Trinajstić information content (AvgIpc) is 2.92. The van der Waals surface area contributed by atoms with Gasteiger partial charge in [0.1, 0.15) is 16.4 Å². The summed E-state index contributed by atoms with van der Waals surface area (Å²) >= 11 is 3.13. The van der Waals surface area contributed by atoms with E-state index in [2.05, 4.69) is 31.1 Å². The van der Waals surface area contributed by atoms with Crippen molar-refractivity contribution in [3.63, 3.8) is 0 Å². The van der Waals surface area contributed by atoms with Crippen molar-refractivity contribution in [1.29, 1.82) is 0 Å². The van der Waals surface area contributed by atoms with Gasteiger partial charge in [-0.1, -0.05) is 5.16 Å². The smallest absolute Gasteiger partial charge is 0.245 e. The van der Waals surface area contributed by atoms with E-state index >= 15 is 0 Å². The highest BCUT2D eigenvalue weighted by Gasteiger charge is 2.23. The molecule has 0 saturated carbocycles. The molecule has 7 nitrogen and oxygen atoms in total. The highest BCUT2D eigenvalue weighted by Crippen LogP contribution is 2.26. The van der Waals surface area contributed by atoms with Crippen LogP contribution in [0.3, 0.4) is 0 Å². The minimum atomic E-state index is -3.69. The first-order chi connectivity index (χ1) is 9.85. The van der Waals surface area contributed by atoms with Gasteiger partial charge >= 0.3 is 0 Å². The Morgan fingerprint density at radius 1 is 1.33 bits per heavy atom. The highest BCUT2D eigenvalue weighted by atomic mass is 79.9. The van der Waals surface area contributed by atoms with Gasteiger partial charge in [0.2, 0.25) is 10.0 Å². The van der Waals surface area contributed by atoms with Crippen molar-refractivity contribution in [2.24, 2.45) is 0 Å². The zero-order valence-corrected chi connectivity index (χ0v) is 14.3. The Balaban J connectivity index is 2.19. The summed E-state index contributed by atoms with van der Waals surface area (Å²) in [6.07, 6.45) is 0. The number of nitrogens with zero attached hydrogens (tertiary/aromatic N) is 1. The molecule has 0 aliphatic rings. The van der Waals surface area contributed by atoms with E-state index in [0.29, 0.717) is 23.8 Å². The maximum Gasteiger partial charge on any atom is 0.245 e. The summed E-state index contributed by atoms with van der Waals surface area (Å²) in [5, 5.41) is 6.68. The summed E-state index contributed by atoms with van der Waals surface area (Å²) in [6, 6.07) is 1.48. The van der Waals surface area contributed by atoms with E-state index in [-0.39, 0.29) is 16.1 Å². The quantitative estimate of drug-likeness (QED) is 0.796. The molecule has 2 aromatic rings. The fourth-order valence-electron chi connectivity index (χ4n) is 1.84. The largest absolute Gasteiger partial charge is 0.452 e. The highest BCUT2D eigenvalue weighted by molar-refractivity contribution is 9.10. The molecule has 0 unspecified atom stereocenters. The van der Waals surface area contributed by atoms with Crippen molar-refractivity contribution in [2.75, 3.05) is 7.05 Å². The number of halogens is 1. The summed E-state index contributed by atoms with van der Waals surface area (Å²) < 4.78 is 37.7. The predicted octanol–water partition coefficient (Wildman–Crippen LogP) is 1.84. The predicted molar refractivity (Wildman–Crippen MR) is 79.2 cm³/mol. The molecule has 0 aliphatic carbocycles. The Hall–Kier alpha value is -1.16. The van der Waals surface area contributed by atoms with E-state index in [9.17, 15) is 8.42 Å². The SMILES string of the molecule is CNCc1cc(S(=O)(=O)NCc2c(C)noc2C)c(Br)o1. The zero-order chi connectivity index (χ0) is 15.6. The molecule has 2 rings (SSSR count). The van der Waals surface area contributed by atoms with E-state index in [1.54, 1.807) is 20.9 Å².